The van der Waals surface area contributed by atoms with Crippen LogP contribution in [0.1, 0.15) is 65.8 Å². The molecule has 3 rings (SSSR count). The number of carbonyl (C=O) groups excluding carboxylic acids is 2. The van der Waals surface area contributed by atoms with Gasteiger partial charge in [-0.1, -0.05) is 26.7 Å². The Morgan fingerprint density at radius 2 is 1.37 bits per heavy atom. The van der Waals surface area contributed by atoms with Crippen LogP contribution in [0.25, 0.3) is 0 Å². The minimum absolute atomic E-state index is 0.267. The monoisotopic (exact) mass is 518 g/mol. The van der Waals surface area contributed by atoms with E-state index in [-0.39, 0.29) is 11.7 Å². The van der Waals surface area contributed by atoms with E-state index < -0.39 is 5.97 Å². The van der Waals surface area contributed by atoms with Crippen LogP contribution in [-0.4, -0.2) is 38.4 Å². The molecule has 0 aliphatic heterocycles. The van der Waals surface area contributed by atoms with E-state index in [2.05, 4.69) is 24.4 Å². The number of methoxy groups -OCH3 is 1. The molecule has 8 nitrogen and oxygen atoms in total. The van der Waals surface area contributed by atoms with Crippen molar-refractivity contribution < 1.29 is 28.5 Å². The fourth-order valence-electron chi connectivity index (χ4n) is 3.30. The molecular weight excluding hydrogens is 484 g/mol. The van der Waals surface area contributed by atoms with Crippen molar-refractivity contribution >= 4 is 18.1 Å². The Hall–Kier alpha value is -4.33. The van der Waals surface area contributed by atoms with Gasteiger partial charge >= 0.3 is 5.97 Å². The normalized spacial score (nSPS) is 10.7. The third kappa shape index (κ3) is 8.65. The zero-order valence-electron chi connectivity index (χ0n) is 22.1. The highest BCUT2D eigenvalue weighted by atomic mass is 16.6. The van der Waals surface area contributed by atoms with Crippen molar-refractivity contribution in [3.8, 4) is 23.0 Å². The Balaban J connectivity index is 1.55. The molecule has 1 N–H and O–H groups in total. The summed E-state index contributed by atoms with van der Waals surface area (Å²) in [6, 6.07) is 18.7. The van der Waals surface area contributed by atoms with Crippen LogP contribution in [-0.2, 0) is 0 Å². The summed E-state index contributed by atoms with van der Waals surface area (Å²) >= 11 is 0. The maximum absolute atomic E-state index is 12.6. The summed E-state index contributed by atoms with van der Waals surface area (Å²) in [5, 5.41) is 4.02. The first-order chi connectivity index (χ1) is 18.5. The smallest absolute Gasteiger partial charge is 0.343 e. The summed E-state index contributed by atoms with van der Waals surface area (Å²) in [4.78, 5) is 25.0. The zero-order valence-corrected chi connectivity index (χ0v) is 22.1. The second-order valence-corrected chi connectivity index (χ2v) is 8.45. The molecule has 3 aromatic rings. The number of rotatable bonds is 14. The molecule has 0 atom stereocenters. The minimum Gasteiger partial charge on any atom is -0.494 e. The van der Waals surface area contributed by atoms with Crippen molar-refractivity contribution in [2.75, 3.05) is 20.3 Å². The lowest BCUT2D eigenvalue weighted by Gasteiger charge is -2.10. The number of benzene rings is 3. The summed E-state index contributed by atoms with van der Waals surface area (Å²) in [5.41, 5.74) is 4.00. The van der Waals surface area contributed by atoms with Crippen LogP contribution in [0.2, 0.25) is 0 Å². The fourth-order valence-corrected chi connectivity index (χ4v) is 3.30. The quantitative estimate of drug-likeness (QED) is 0.0920. The Bertz CT molecular complexity index is 1210. The van der Waals surface area contributed by atoms with Crippen LogP contribution in [0.3, 0.4) is 0 Å². The van der Waals surface area contributed by atoms with E-state index in [0.29, 0.717) is 41.4 Å². The van der Waals surface area contributed by atoms with Crippen molar-refractivity contribution in [3.63, 3.8) is 0 Å². The van der Waals surface area contributed by atoms with Crippen LogP contribution in [0.5, 0.6) is 23.0 Å². The van der Waals surface area contributed by atoms with Gasteiger partial charge in [-0.15, -0.1) is 0 Å². The van der Waals surface area contributed by atoms with Gasteiger partial charge in [-0.05, 0) is 85.1 Å². The fraction of sp³-hybridized carbons (Fsp3) is 0.300. The standard InChI is InChI=1S/C30H34N2O6/c1-4-6-18-36-25-13-9-23(10-14-25)29(33)32-31-21-22-8-17-27(28(20-22)35-3)38-30(34)24-11-15-26(16-12-24)37-19-7-5-2/h8-17,20-21H,4-7,18-19H2,1-3H3,(H,32,33)/b31-21-. The van der Waals surface area contributed by atoms with Gasteiger partial charge in [-0.25, -0.2) is 10.2 Å². The third-order valence-corrected chi connectivity index (χ3v) is 5.51. The molecule has 1 amide bonds. The van der Waals surface area contributed by atoms with Gasteiger partial charge in [-0.3, -0.25) is 4.79 Å². The Morgan fingerprint density at radius 1 is 0.789 bits per heavy atom. The molecule has 0 aliphatic carbocycles. The van der Waals surface area contributed by atoms with Crippen LogP contribution in [0.4, 0.5) is 0 Å². The number of nitrogens with zero attached hydrogens (tertiary/aromatic N) is 1. The highest BCUT2D eigenvalue weighted by Gasteiger charge is 2.13. The molecule has 200 valence electrons. The first-order valence-corrected chi connectivity index (χ1v) is 12.7. The van der Waals surface area contributed by atoms with E-state index >= 15 is 0 Å². The number of carbonyl (C=O) groups is 2. The number of amides is 1. The van der Waals surface area contributed by atoms with E-state index in [4.69, 9.17) is 18.9 Å². The summed E-state index contributed by atoms with van der Waals surface area (Å²) in [5.74, 6) is 1.19. The van der Waals surface area contributed by atoms with Crippen LogP contribution >= 0.6 is 0 Å². The first-order valence-electron chi connectivity index (χ1n) is 12.7. The van der Waals surface area contributed by atoms with Crippen molar-refractivity contribution in [3.05, 3.63) is 83.4 Å². The average molecular weight is 519 g/mol. The van der Waals surface area contributed by atoms with E-state index in [9.17, 15) is 9.59 Å². The molecule has 0 radical (unpaired) electrons. The van der Waals surface area contributed by atoms with Gasteiger partial charge in [-0.2, -0.15) is 5.10 Å². The molecule has 0 unspecified atom stereocenters. The molecule has 0 aromatic heterocycles. The summed E-state index contributed by atoms with van der Waals surface area (Å²) < 4.78 is 22.1. The second-order valence-electron chi connectivity index (χ2n) is 8.45. The number of hydrogen-bond donors (Lipinski definition) is 1. The predicted octanol–water partition coefficient (Wildman–Crippen LogP) is 6.04. The lowest BCUT2D eigenvalue weighted by molar-refractivity contribution is 0.0729. The Kier molecular flexibility index (Phi) is 11.2. The molecule has 0 aliphatic rings. The highest BCUT2D eigenvalue weighted by molar-refractivity contribution is 5.95. The molecule has 38 heavy (non-hydrogen) atoms. The molecule has 0 saturated heterocycles. The van der Waals surface area contributed by atoms with Gasteiger partial charge in [0.1, 0.15) is 11.5 Å². The zero-order chi connectivity index (χ0) is 27.2. The highest BCUT2D eigenvalue weighted by Crippen LogP contribution is 2.28. The SMILES string of the molecule is CCCCOc1ccc(C(=O)N/N=C\c2ccc(OC(=O)c3ccc(OCCCC)cc3)c(OC)c2)cc1. The van der Waals surface area contributed by atoms with E-state index in [1.165, 1.54) is 13.3 Å². The van der Waals surface area contributed by atoms with Crippen molar-refractivity contribution in [2.24, 2.45) is 5.10 Å². The van der Waals surface area contributed by atoms with E-state index in [1.807, 2.05) is 0 Å². The van der Waals surface area contributed by atoms with Gasteiger partial charge in [0.2, 0.25) is 0 Å². The molecule has 0 heterocycles. The second kappa shape index (κ2) is 15.0. The van der Waals surface area contributed by atoms with E-state index in [1.54, 1.807) is 66.7 Å². The Labute approximate surface area is 223 Å². The molecule has 3 aromatic carbocycles. The molecule has 0 bridgehead atoms. The maximum Gasteiger partial charge on any atom is 0.343 e. The molecule has 8 heteroatoms. The van der Waals surface area contributed by atoms with Crippen molar-refractivity contribution in [2.45, 2.75) is 39.5 Å². The molecule has 0 saturated carbocycles. The average Bonchev–Trinajstić information content (AvgIpc) is 2.94. The summed E-state index contributed by atoms with van der Waals surface area (Å²) in [6.45, 7) is 5.48. The number of unbranched alkanes of at least 4 members (excludes halogenated alkanes) is 2. The molecule has 0 fully saturated rings. The summed E-state index contributed by atoms with van der Waals surface area (Å²) in [7, 11) is 1.48. The number of ether oxygens (including phenoxy) is 4. The molecule has 0 spiro atoms. The summed E-state index contributed by atoms with van der Waals surface area (Å²) in [6.07, 6.45) is 5.54. The first kappa shape index (κ1) is 28.2. The lowest BCUT2D eigenvalue weighted by Crippen LogP contribution is -2.17. The topological polar surface area (TPSA) is 95.5 Å². The van der Waals surface area contributed by atoms with Gasteiger partial charge in [0, 0.05) is 5.56 Å². The number of esters is 1. The number of hydrazone groups is 1. The Morgan fingerprint density at radius 3 is 1.92 bits per heavy atom. The van der Waals surface area contributed by atoms with Crippen LogP contribution < -0.4 is 24.4 Å². The third-order valence-electron chi connectivity index (χ3n) is 5.51. The lowest BCUT2D eigenvalue weighted by atomic mass is 10.2. The molecular formula is C30H34N2O6. The van der Waals surface area contributed by atoms with E-state index in [0.717, 1.165) is 31.4 Å². The number of nitrogens with one attached hydrogen (secondary N) is 1. The van der Waals surface area contributed by atoms with Gasteiger partial charge in [0.15, 0.2) is 11.5 Å². The minimum atomic E-state index is -0.515. The van der Waals surface area contributed by atoms with Gasteiger partial charge < -0.3 is 18.9 Å². The van der Waals surface area contributed by atoms with Gasteiger partial charge in [0.25, 0.3) is 5.91 Å². The van der Waals surface area contributed by atoms with Crippen LogP contribution in [0.15, 0.2) is 71.8 Å². The van der Waals surface area contributed by atoms with Crippen molar-refractivity contribution in [1.82, 2.24) is 5.43 Å². The van der Waals surface area contributed by atoms with Crippen molar-refractivity contribution in [1.29, 1.82) is 0 Å². The van der Waals surface area contributed by atoms with Crippen LogP contribution in [0, 0.1) is 0 Å². The van der Waals surface area contributed by atoms with Gasteiger partial charge in [0.05, 0.1) is 32.1 Å². The largest absolute Gasteiger partial charge is 0.494 e. The maximum atomic E-state index is 12.6. The number of hydrogen-bond acceptors (Lipinski definition) is 7. The predicted molar refractivity (Wildman–Crippen MR) is 147 cm³/mol.